The Kier molecular flexibility index (Phi) is 4.15. The molecule has 1 fully saturated rings. The number of carbonyl (C=O) groups is 1. The van der Waals surface area contributed by atoms with Crippen LogP contribution in [-0.2, 0) is 11.3 Å². The minimum atomic E-state index is -0.483. The molecule has 98 valence electrons. The monoisotopic (exact) mass is 286 g/mol. The summed E-state index contributed by atoms with van der Waals surface area (Å²) in [6.07, 6.45) is 2.08. The molecule has 0 spiro atoms. The molecule has 0 aliphatic heterocycles. The summed E-state index contributed by atoms with van der Waals surface area (Å²) in [4.78, 5) is 13.9. The SMILES string of the molecule is CC(N)C(=O)N(Cc1cccc(Cl)c1Cl)C1CC1. The predicted molar refractivity (Wildman–Crippen MR) is 73.7 cm³/mol. The lowest BCUT2D eigenvalue weighted by Gasteiger charge is -2.25. The molecular formula is C13H16Cl2N2O. The maximum atomic E-state index is 12.0. The molecule has 1 saturated carbocycles. The molecule has 18 heavy (non-hydrogen) atoms. The standard InChI is InChI=1S/C13H16Cl2N2O/c1-8(16)13(18)17(10-5-6-10)7-9-3-2-4-11(14)12(9)15/h2-4,8,10H,5-7,16H2,1H3. The fraction of sp³-hybridized carbons (Fsp3) is 0.462. The van der Waals surface area contributed by atoms with Crippen molar-refractivity contribution in [2.45, 2.75) is 38.4 Å². The van der Waals surface area contributed by atoms with Crippen LogP contribution in [0.5, 0.6) is 0 Å². The third-order valence-corrected chi connectivity index (χ3v) is 3.89. The molecule has 1 atom stereocenters. The Hall–Kier alpha value is -0.770. The quantitative estimate of drug-likeness (QED) is 0.925. The van der Waals surface area contributed by atoms with Crippen LogP contribution in [0.2, 0.25) is 10.0 Å². The molecule has 1 aromatic rings. The van der Waals surface area contributed by atoms with Crippen molar-refractivity contribution in [2.24, 2.45) is 5.73 Å². The van der Waals surface area contributed by atoms with Gasteiger partial charge in [-0.1, -0.05) is 35.3 Å². The van der Waals surface area contributed by atoms with E-state index in [4.69, 9.17) is 28.9 Å². The second kappa shape index (κ2) is 5.47. The first-order chi connectivity index (χ1) is 8.50. The van der Waals surface area contributed by atoms with Gasteiger partial charge in [0.25, 0.3) is 0 Å². The Bertz CT molecular complexity index is 458. The first kappa shape index (κ1) is 13.7. The molecular weight excluding hydrogens is 271 g/mol. The van der Waals surface area contributed by atoms with Gasteiger partial charge in [-0.3, -0.25) is 4.79 Å². The highest BCUT2D eigenvalue weighted by Crippen LogP contribution is 2.32. The molecule has 1 amide bonds. The Labute approximate surface area is 117 Å². The number of nitrogens with two attached hydrogens (primary N) is 1. The predicted octanol–water partition coefficient (Wildman–Crippen LogP) is 2.83. The Morgan fingerprint density at radius 2 is 2.17 bits per heavy atom. The van der Waals surface area contributed by atoms with Crippen LogP contribution in [0.15, 0.2) is 18.2 Å². The molecule has 2 N–H and O–H groups in total. The summed E-state index contributed by atoms with van der Waals surface area (Å²) in [6, 6.07) is 5.28. The number of rotatable bonds is 4. The van der Waals surface area contributed by atoms with Crippen molar-refractivity contribution >= 4 is 29.1 Å². The van der Waals surface area contributed by atoms with Gasteiger partial charge in [-0.05, 0) is 31.4 Å². The zero-order chi connectivity index (χ0) is 13.3. The minimum Gasteiger partial charge on any atom is -0.334 e. The summed E-state index contributed by atoms with van der Waals surface area (Å²) in [7, 11) is 0. The van der Waals surface area contributed by atoms with Crippen LogP contribution in [0.25, 0.3) is 0 Å². The molecule has 1 unspecified atom stereocenters. The third kappa shape index (κ3) is 2.97. The van der Waals surface area contributed by atoms with E-state index in [2.05, 4.69) is 0 Å². The lowest BCUT2D eigenvalue weighted by molar-refractivity contribution is -0.133. The summed E-state index contributed by atoms with van der Waals surface area (Å²) < 4.78 is 0. The number of nitrogens with zero attached hydrogens (tertiary/aromatic N) is 1. The van der Waals surface area contributed by atoms with E-state index in [1.165, 1.54) is 0 Å². The van der Waals surface area contributed by atoms with Gasteiger partial charge >= 0.3 is 0 Å². The molecule has 0 saturated heterocycles. The average Bonchev–Trinajstić information content (AvgIpc) is 3.14. The van der Waals surface area contributed by atoms with E-state index in [-0.39, 0.29) is 5.91 Å². The highest BCUT2D eigenvalue weighted by molar-refractivity contribution is 6.42. The van der Waals surface area contributed by atoms with E-state index in [0.717, 1.165) is 18.4 Å². The van der Waals surface area contributed by atoms with Crippen molar-refractivity contribution in [2.75, 3.05) is 0 Å². The Morgan fingerprint density at radius 3 is 2.72 bits per heavy atom. The minimum absolute atomic E-state index is 0.0338. The van der Waals surface area contributed by atoms with Crippen LogP contribution in [0.3, 0.4) is 0 Å². The summed E-state index contributed by atoms with van der Waals surface area (Å²) >= 11 is 12.1. The van der Waals surface area contributed by atoms with Crippen molar-refractivity contribution in [1.82, 2.24) is 4.90 Å². The van der Waals surface area contributed by atoms with Crippen molar-refractivity contribution in [3.8, 4) is 0 Å². The van der Waals surface area contributed by atoms with Crippen LogP contribution >= 0.6 is 23.2 Å². The van der Waals surface area contributed by atoms with Gasteiger partial charge in [0.05, 0.1) is 16.1 Å². The van der Waals surface area contributed by atoms with E-state index < -0.39 is 6.04 Å². The van der Waals surface area contributed by atoms with Crippen molar-refractivity contribution in [3.05, 3.63) is 33.8 Å². The van der Waals surface area contributed by atoms with Crippen LogP contribution in [0.4, 0.5) is 0 Å². The van der Waals surface area contributed by atoms with Gasteiger partial charge in [-0.2, -0.15) is 0 Å². The summed E-state index contributed by atoms with van der Waals surface area (Å²) in [6.45, 7) is 2.18. The van der Waals surface area contributed by atoms with Gasteiger partial charge in [0.2, 0.25) is 5.91 Å². The fourth-order valence-electron chi connectivity index (χ4n) is 1.89. The average molecular weight is 287 g/mol. The summed E-state index contributed by atoms with van der Waals surface area (Å²) in [5.74, 6) is -0.0338. The highest BCUT2D eigenvalue weighted by atomic mass is 35.5. The second-order valence-corrected chi connectivity index (χ2v) is 5.48. The van der Waals surface area contributed by atoms with Gasteiger partial charge in [0.1, 0.15) is 0 Å². The number of hydrogen-bond acceptors (Lipinski definition) is 2. The fourth-order valence-corrected chi connectivity index (χ4v) is 2.27. The van der Waals surface area contributed by atoms with Crippen LogP contribution < -0.4 is 5.73 Å². The smallest absolute Gasteiger partial charge is 0.239 e. The molecule has 2 rings (SSSR count). The lowest BCUT2D eigenvalue weighted by Crippen LogP contribution is -2.42. The third-order valence-electron chi connectivity index (χ3n) is 3.03. The normalized spacial score (nSPS) is 16.4. The van der Waals surface area contributed by atoms with Crippen LogP contribution in [-0.4, -0.2) is 22.9 Å². The molecule has 0 bridgehead atoms. The maximum Gasteiger partial charge on any atom is 0.239 e. The van der Waals surface area contributed by atoms with Gasteiger partial charge in [0, 0.05) is 12.6 Å². The Balaban J connectivity index is 2.19. The number of benzene rings is 1. The van der Waals surface area contributed by atoms with Crippen LogP contribution in [0.1, 0.15) is 25.3 Å². The van der Waals surface area contributed by atoms with Gasteiger partial charge in [0.15, 0.2) is 0 Å². The van der Waals surface area contributed by atoms with Crippen molar-refractivity contribution in [3.63, 3.8) is 0 Å². The molecule has 0 radical (unpaired) electrons. The van der Waals surface area contributed by atoms with E-state index in [1.54, 1.807) is 13.0 Å². The Morgan fingerprint density at radius 1 is 1.50 bits per heavy atom. The van der Waals surface area contributed by atoms with E-state index in [1.807, 2.05) is 17.0 Å². The number of halogens is 2. The molecule has 3 nitrogen and oxygen atoms in total. The molecule has 1 aromatic carbocycles. The first-order valence-electron chi connectivity index (χ1n) is 5.99. The topological polar surface area (TPSA) is 46.3 Å². The van der Waals surface area contributed by atoms with Crippen molar-refractivity contribution in [1.29, 1.82) is 0 Å². The zero-order valence-corrected chi connectivity index (χ0v) is 11.7. The number of carbonyl (C=O) groups excluding carboxylic acids is 1. The molecule has 0 aromatic heterocycles. The zero-order valence-electron chi connectivity index (χ0n) is 10.2. The van der Waals surface area contributed by atoms with Crippen molar-refractivity contribution < 1.29 is 4.79 Å². The summed E-state index contributed by atoms with van der Waals surface area (Å²) in [5.41, 5.74) is 6.54. The number of amides is 1. The van der Waals surface area contributed by atoms with E-state index >= 15 is 0 Å². The van der Waals surface area contributed by atoms with E-state index in [9.17, 15) is 4.79 Å². The second-order valence-electron chi connectivity index (χ2n) is 4.70. The molecule has 1 aliphatic rings. The maximum absolute atomic E-state index is 12.0. The lowest BCUT2D eigenvalue weighted by atomic mass is 10.2. The van der Waals surface area contributed by atoms with Gasteiger partial charge < -0.3 is 10.6 Å². The number of hydrogen-bond donors (Lipinski definition) is 1. The van der Waals surface area contributed by atoms with Gasteiger partial charge in [-0.15, -0.1) is 0 Å². The highest BCUT2D eigenvalue weighted by Gasteiger charge is 2.34. The van der Waals surface area contributed by atoms with Crippen LogP contribution in [0, 0.1) is 0 Å². The molecule has 1 aliphatic carbocycles. The first-order valence-corrected chi connectivity index (χ1v) is 6.75. The molecule has 0 heterocycles. The van der Waals surface area contributed by atoms with Gasteiger partial charge in [-0.25, -0.2) is 0 Å². The largest absolute Gasteiger partial charge is 0.334 e. The molecule has 5 heteroatoms. The van der Waals surface area contributed by atoms with E-state index in [0.29, 0.717) is 22.6 Å². The summed E-state index contributed by atoms with van der Waals surface area (Å²) in [5, 5.41) is 1.03.